The first-order chi connectivity index (χ1) is 14.6. The summed E-state index contributed by atoms with van der Waals surface area (Å²) in [6.45, 7) is -0.453. The van der Waals surface area contributed by atoms with Gasteiger partial charge in [0, 0.05) is 23.4 Å². The fourth-order valence-corrected chi connectivity index (χ4v) is 4.43. The van der Waals surface area contributed by atoms with Gasteiger partial charge in [-0.15, -0.1) is 11.3 Å². The molecule has 0 aliphatic carbocycles. The van der Waals surface area contributed by atoms with Gasteiger partial charge < -0.3 is 19.7 Å². The van der Waals surface area contributed by atoms with E-state index in [1.54, 1.807) is 41.0 Å². The Morgan fingerprint density at radius 2 is 2.10 bits per heavy atom. The van der Waals surface area contributed by atoms with Crippen LogP contribution in [0.3, 0.4) is 0 Å². The summed E-state index contributed by atoms with van der Waals surface area (Å²) in [4.78, 5) is 42.8. The number of aromatic nitrogens is 1. The lowest BCUT2D eigenvalue weighted by molar-refractivity contribution is -0.128. The Balaban J connectivity index is 1.44. The van der Waals surface area contributed by atoms with Gasteiger partial charge >= 0.3 is 5.97 Å². The summed E-state index contributed by atoms with van der Waals surface area (Å²) in [5.74, 6) is -1.06. The fraction of sp³-hybridized carbons (Fsp3) is 0.200. The summed E-state index contributed by atoms with van der Waals surface area (Å²) >= 11 is 2.87. The second kappa shape index (κ2) is 8.64. The Labute approximate surface area is 180 Å². The van der Waals surface area contributed by atoms with Crippen molar-refractivity contribution < 1.29 is 23.9 Å². The van der Waals surface area contributed by atoms with Gasteiger partial charge in [-0.25, -0.2) is 9.78 Å². The number of nitrogens with zero attached hydrogens (tertiary/aromatic N) is 2. The first-order valence-electron chi connectivity index (χ1n) is 8.99. The number of para-hydroxylation sites is 2. The molecule has 10 heteroatoms. The molecule has 0 radical (unpaired) electrons. The molecule has 8 nitrogen and oxygen atoms in total. The van der Waals surface area contributed by atoms with Crippen LogP contribution in [0.4, 0.5) is 5.69 Å². The molecule has 1 atom stereocenters. The minimum absolute atomic E-state index is 0.0199. The number of esters is 1. The Bertz CT molecular complexity index is 1080. The average molecular weight is 444 g/mol. The van der Waals surface area contributed by atoms with Gasteiger partial charge in [0.15, 0.2) is 18.4 Å². The van der Waals surface area contributed by atoms with E-state index in [1.807, 2.05) is 16.8 Å². The molecule has 154 valence electrons. The number of hydrogen-bond acceptors (Lipinski definition) is 8. The SMILES string of the molecule is CNC(=O)C1CN(C(=O)COC(=O)c2csc(-c3ccsc3)n2)c2ccccc2O1. The number of amides is 2. The summed E-state index contributed by atoms with van der Waals surface area (Å²) in [6.07, 6.45) is -0.851. The number of carbonyl (C=O) groups is 3. The summed E-state index contributed by atoms with van der Waals surface area (Å²) in [5, 5.41) is 8.70. The van der Waals surface area contributed by atoms with E-state index in [0.717, 1.165) is 5.56 Å². The molecule has 1 aliphatic rings. The predicted octanol–water partition coefficient (Wildman–Crippen LogP) is 2.57. The molecule has 0 saturated heterocycles. The number of anilines is 1. The van der Waals surface area contributed by atoms with Gasteiger partial charge in [0.2, 0.25) is 0 Å². The van der Waals surface area contributed by atoms with Crippen LogP contribution < -0.4 is 15.0 Å². The number of carbonyl (C=O) groups excluding carboxylic acids is 3. The maximum absolute atomic E-state index is 12.8. The highest BCUT2D eigenvalue weighted by Crippen LogP contribution is 2.33. The third kappa shape index (κ3) is 4.05. The lowest BCUT2D eigenvalue weighted by atomic mass is 10.1. The number of hydrogen-bond donors (Lipinski definition) is 1. The van der Waals surface area contributed by atoms with E-state index in [2.05, 4.69) is 10.3 Å². The highest BCUT2D eigenvalue weighted by atomic mass is 32.1. The molecule has 0 bridgehead atoms. The molecule has 0 saturated carbocycles. The Morgan fingerprint density at radius 3 is 2.87 bits per heavy atom. The number of ether oxygens (including phenoxy) is 2. The van der Waals surface area contributed by atoms with E-state index in [-0.39, 0.29) is 18.1 Å². The second-order valence-electron chi connectivity index (χ2n) is 6.32. The smallest absolute Gasteiger partial charge is 0.358 e. The second-order valence-corrected chi connectivity index (χ2v) is 7.96. The molecule has 4 rings (SSSR count). The molecular weight excluding hydrogens is 426 g/mol. The number of thiazole rings is 1. The van der Waals surface area contributed by atoms with Crippen molar-refractivity contribution in [2.24, 2.45) is 0 Å². The van der Waals surface area contributed by atoms with Crippen molar-refractivity contribution in [2.75, 3.05) is 25.1 Å². The Kier molecular flexibility index (Phi) is 5.77. The fourth-order valence-electron chi connectivity index (χ4n) is 2.93. The van der Waals surface area contributed by atoms with Crippen LogP contribution in [0.2, 0.25) is 0 Å². The summed E-state index contributed by atoms with van der Waals surface area (Å²) in [7, 11) is 1.50. The van der Waals surface area contributed by atoms with Crippen LogP contribution in [0, 0.1) is 0 Å². The van der Waals surface area contributed by atoms with Crippen molar-refractivity contribution in [2.45, 2.75) is 6.10 Å². The normalized spacial score (nSPS) is 15.1. The monoisotopic (exact) mass is 443 g/mol. The van der Waals surface area contributed by atoms with Gasteiger partial charge in [-0.3, -0.25) is 9.59 Å². The predicted molar refractivity (Wildman–Crippen MR) is 113 cm³/mol. The Hall–Kier alpha value is -3.24. The van der Waals surface area contributed by atoms with Gasteiger partial charge in [-0.2, -0.15) is 11.3 Å². The van der Waals surface area contributed by atoms with E-state index < -0.39 is 24.6 Å². The quantitative estimate of drug-likeness (QED) is 0.609. The molecule has 2 amide bonds. The maximum atomic E-state index is 12.8. The number of likely N-dealkylation sites (N-methyl/N-ethyl adjacent to an activating group) is 1. The highest BCUT2D eigenvalue weighted by molar-refractivity contribution is 7.14. The number of rotatable bonds is 5. The summed E-state index contributed by atoms with van der Waals surface area (Å²) in [6, 6.07) is 8.82. The van der Waals surface area contributed by atoms with Crippen LogP contribution in [0.15, 0.2) is 46.5 Å². The summed E-state index contributed by atoms with van der Waals surface area (Å²) in [5.41, 5.74) is 1.61. The van der Waals surface area contributed by atoms with Crippen molar-refractivity contribution in [3.8, 4) is 16.3 Å². The van der Waals surface area contributed by atoms with E-state index in [4.69, 9.17) is 9.47 Å². The molecule has 0 fully saturated rings. The molecular formula is C20H17N3O5S2. The van der Waals surface area contributed by atoms with Crippen LogP contribution >= 0.6 is 22.7 Å². The Morgan fingerprint density at radius 1 is 1.27 bits per heavy atom. The van der Waals surface area contributed by atoms with Gasteiger partial charge in [0.05, 0.1) is 12.2 Å². The van der Waals surface area contributed by atoms with Crippen molar-refractivity contribution in [3.05, 3.63) is 52.2 Å². The van der Waals surface area contributed by atoms with E-state index in [0.29, 0.717) is 16.4 Å². The first-order valence-corrected chi connectivity index (χ1v) is 10.8. The average Bonchev–Trinajstić information content (AvgIpc) is 3.47. The zero-order valence-electron chi connectivity index (χ0n) is 15.9. The van der Waals surface area contributed by atoms with Crippen LogP contribution in [0.1, 0.15) is 10.5 Å². The first kappa shape index (κ1) is 20.0. The molecule has 1 unspecified atom stereocenters. The largest absolute Gasteiger partial charge is 0.477 e. The van der Waals surface area contributed by atoms with Crippen LogP contribution in [0.5, 0.6) is 5.75 Å². The highest BCUT2D eigenvalue weighted by Gasteiger charge is 2.33. The molecule has 1 aromatic carbocycles. The van der Waals surface area contributed by atoms with Gasteiger partial charge in [0.1, 0.15) is 10.8 Å². The maximum Gasteiger partial charge on any atom is 0.358 e. The number of fused-ring (bicyclic) bond motifs is 1. The molecule has 3 heterocycles. The minimum Gasteiger partial charge on any atom is -0.477 e. The molecule has 0 spiro atoms. The van der Waals surface area contributed by atoms with Gasteiger partial charge in [-0.1, -0.05) is 12.1 Å². The molecule has 2 aromatic heterocycles. The lowest BCUT2D eigenvalue weighted by Crippen LogP contribution is -2.51. The number of benzene rings is 1. The van der Waals surface area contributed by atoms with Crippen molar-refractivity contribution >= 4 is 46.1 Å². The summed E-state index contributed by atoms with van der Waals surface area (Å²) < 4.78 is 10.9. The van der Waals surface area contributed by atoms with E-state index in [9.17, 15) is 14.4 Å². The molecule has 30 heavy (non-hydrogen) atoms. The third-order valence-electron chi connectivity index (χ3n) is 4.42. The van der Waals surface area contributed by atoms with Crippen molar-refractivity contribution in [3.63, 3.8) is 0 Å². The van der Waals surface area contributed by atoms with Crippen LogP contribution in [-0.2, 0) is 14.3 Å². The topological polar surface area (TPSA) is 97.8 Å². The van der Waals surface area contributed by atoms with Gasteiger partial charge in [-0.05, 0) is 23.6 Å². The number of thiophene rings is 1. The zero-order valence-corrected chi connectivity index (χ0v) is 17.5. The van der Waals surface area contributed by atoms with Crippen molar-refractivity contribution in [1.29, 1.82) is 0 Å². The zero-order chi connectivity index (χ0) is 21.1. The third-order valence-corrected chi connectivity index (χ3v) is 6.00. The molecule has 1 aliphatic heterocycles. The lowest BCUT2D eigenvalue weighted by Gasteiger charge is -2.33. The molecule has 3 aromatic rings. The number of nitrogens with one attached hydrogen (secondary N) is 1. The van der Waals surface area contributed by atoms with Crippen LogP contribution in [-0.4, -0.2) is 49.1 Å². The minimum atomic E-state index is -0.851. The van der Waals surface area contributed by atoms with Crippen molar-refractivity contribution in [1.82, 2.24) is 10.3 Å². The van der Waals surface area contributed by atoms with Crippen LogP contribution in [0.25, 0.3) is 10.6 Å². The van der Waals surface area contributed by atoms with E-state index >= 15 is 0 Å². The van der Waals surface area contributed by atoms with E-state index in [1.165, 1.54) is 23.3 Å². The standard InChI is InChI=1S/C20H17N3O5S2/c1-21-18(25)16-8-23(14-4-2-3-5-15(14)28-16)17(24)9-27-20(26)13-11-30-19(22-13)12-6-7-29-10-12/h2-7,10-11,16H,8-9H2,1H3,(H,21,25). The van der Waals surface area contributed by atoms with Gasteiger partial charge in [0.25, 0.3) is 11.8 Å². The molecule has 1 N–H and O–H groups in total.